The summed E-state index contributed by atoms with van der Waals surface area (Å²) in [6.07, 6.45) is 0. The quantitative estimate of drug-likeness (QED) is 0.420. The van der Waals surface area contributed by atoms with Crippen LogP contribution in [0.15, 0.2) is 52.9 Å². The molecule has 0 unspecified atom stereocenters. The first-order valence-electron chi connectivity index (χ1n) is 10.0. The van der Waals surface area contributed by atoms with Crippen LogP contribution in [0.3, 0.4) is 0 Å². The Morgan fingerprint density at radius 2 is 1.81 bits per heavy atom. The average Bonchev–Trinajstić information content (AvgIpc) is 3.23. The summed E-state index contributed by atoms with van der Waals surface area (Å²) < 4.78 is 34.8. The summed E-state index contributed by atoms with van der Waals surface area (Å²) in [5, 5.41) is 4.55. The van der Waals surface area contributed by atoms with Gasteiger partial charge in [-0.3, -0.25) is 4.90 Å². The molecular formula is C24H24F2N4O. The molecule has 160 valence electrons. The van der Waals surface area contributed by atoms with Crippen LogP contribution in [-0.4, -0.2) is 26.7 Å². The SMILES string of the molecule is Cc1cc(C)n(-c2cccc(CN(C)Cc3nc(-c4ccc(F)cc4F)oc3C)c2)n1. The number of aryl methyl sites for hydroxylation is 3. The van der Waals surface area contributed by atoms with Crippen LogP contribution in [0.4, 0.5) is 8.78 Å². The number of hydrogen-bond donors (Lipinski definition) is 0. The summed E-state index contributed by atoms with van der Waals surface area (Å²) in [6.45, 7) is 7.04. The molecule has 0 fully saturated rings. The van der Waals surface area contributed by atoms with Crippen LogP contribution in [0.1, 0.15) is 28.4 Å². The highest BCUT2D eigenvalue weighted by molar-refractivity contribution is 5.54. The lowest BCUT2D eigenvalue weighted by Crippen LogP contribution is -2.18. The Hall–Kier alpha value is -3.32. The fourth-order valence-corrected chi connectivity index (χ4v) is 3.65. The second-order valence-corrected chi connectivity index (χ2v) is 7.83. The van der Waals surface area contributed by atoms with Crippen molar-refractivity contribution >= 4 is 0 Å². The van der Waals surface area contributed by atoms with Gasteiger partial charge >= 0.3 is 0 Å². The van der Waals surface area contributed by atoms with Crippen LogP contribution in [0.25, 0.3) is 17.1 Å². The molecule has 5 nitrogen and oxygen atoms in total. The van der Waals surface area contributed by atoms with Crippen LogP contribution in [0.5, 0.6) is 0 Å². The van der Waals surface area contributed by atoms with E-state index in [0.29, 0.717) is 18.8 Å². The van der Waals surface area contributed by atoms with Crippen molar-refractivity contribution in [2.45, 2.75) is 33.9 Å². The van der Waals surface area contributed by atoms with E-state index in [1.54, 1.807) is 6.92 Å². The molecule has 0 aliphatic rings. The van der Waals surface area contributed by atoms with E-state index < -0.39 is 11.6 Å². The van der Waals surface area contributed by atoms with E-state index in [1.807, 2.05) is 43.8 Å². The number of nitrogens with zero attached hydrogens (tertiary/aromatic N) is 4. The maximum Gasteiger partial charge on any atom is 0.229 e. The lowest BCUT2D eigenvalue weighted by molar-refractivity contribution is 0.313. The molecule has 2 aromatic heterocycles. The minimum atomic E-state index is -0.692. The molecule has 0 N–H and O–H groups in total. The number of oxazole rings is 1. The smallest absolute Gasteiger partial charge is 0.229 e. The van der Waals surface area contributed by atoms with Gasteiger partial charge in [0.1, 0.15) is 17.4 Å². The van der Waals surface area contributed by atoms with E-state index >= 15 is 0 Å². The van der Waals surface area contributed by atoms with Crippen molar-refractivity contribution in [2.75, 3.05) is 7.05 Å². The minimum absolute atomic E-state index is 0.149. The molecule has 7 heteroatoms. The van der Waals surface area contributed by atoms with Crippen molar-refractivity contribution in [3.8, 4) is 17.1 Å². The van der Waals surface area contributed by atoms with E-state index in [9.17, 15) is 8.78 Å². The standard InChI is InChI=1S/C24H24F2N4O/c1-15-10-16(2)30(28-15)20-7-5-6-18(11-20)13-29(4)14-23-17(3)31-24(27-23)21-9-8-19(25)12-22(21)26/h5-12H,13-14H2,1-4H3. The normalized spacial score (nSPS) is 11.5. The van der Waals surface area contributed by atoms with Gasteiger partial charge in [-0.2, -0.15) is 5.10 Å². The molecule has 2 aromatic carbocycles. The average molecular weight is 422 g/mol. The summed E-state index contributed by atoms with van der Waals surface area (Å²) in [4.78, 5) is 6.55. The molecule has 0 saturated carbocycles. The summed E-state index contributed by atoms with van der Waals surface area (Å²) >= 11 is 0. The second kappa shape index (κ2) is 8.43. The molecule has 0 atom stereocenters. The third kappa shape index (κ3) is 4.56. The maximum atomic E-state index is 14.1. The van der Waals surface area contributed by atoms with Crippen molar-refractivity contribution in [2.24, 2.45) is 0 Å². The Kier molecular flexibility index (Phi) is 5.69. The molecule has 0 bridgehead atoms. The van der Waals surface area contributed by atoms with Crippen molar-refractivity contribution in [3.63, 3.8) is 0 Å². The molecule has 31 heavy (non-hydrogen) atoms. The molecule has 0 spiro atoms. The maximum absolute atomic E-state index is 14.1. The molecular weight excluding hydrogens is 398 g/mol. The monoisotopic (exact) mass is 422 g/mol. The molecule has 0 aliphatic heterocycles. The van der Waals surface area contributed by atoms with Crippen molar-refractivity contribution in [3.05, 3.63) is 88.6 Å². The van der Waals surface area contributed by atoms with Crippen molar-refractivity contribution in [1.82, 2.24) is 19.7 Å². The number of benzene rings is 2. The van der Waals surface area contributed by atoms with Gasteiger partial charge in [0.25, 0.3) is 0 Å². The Balaban J connectivity index is 1.49. The zero-order chi connectivity index (χ0) is 22.1. The molecule has 4 aromatic rings. The zero-order valence-electron chi connectivity index (χ0n) is 18.0. The van der Waals surface area contributed by atoms with Gasteiger partial charge < -0.3 is 4.42 Å². The zero-order valence-corrected chi connectivity index (χ0v) is 18.0. The predicted molar refractivity (Wildman–Crippen MR) is 115 cm³/mol. The van der Waals surface area contributed by atoms with Gasteiger partial charge in [-0.25, -0.2) is 18.4 Å². The van der Waals surface area contributed by atoms with E-state index in [2.05, 4.69) is 27.1 Å². The Morgan fingerprint density at radius 3 is 2.52 bits per heavy atom. The summed E-state index contributed by atoms with van der Waals surface area (Å²) in [5.41, 5.74) is 5.09. The second-order valence-electron chi connectivity index (χ2n) is 7.83. The first-order valence-corrected chi connectivity index (χ1v) is 10.0. The lowest BCUT2D eigenvalue weighted by atomic mass is 10.2. The number of halogens is 2. The van der Waals surface area contributed by atoms with E-state index in [4.69, 9.17) is 4.42 Å². The number of aromatic nitrogens is 3. The summed E-state index contributed by atoms with van der Waals surface area (Å²) in [7, 11) is 1.99. The molecule has 0 radical (unpaired) electrons. The van der Waals surface area contributed by atoms with Gasteiger partial charge in [0.15, 0.2) is 0 Å². The Morgan fingerprint density at radius 1 is 1.00 bits per heavy atom. The highest BCUT2D eigenvalue weighted by Crippen LogP contribution is 2.26. The minimum Gasteiger partial charge on any atom is -0.441 e. The summed E-state index contributed by atoms with van der Waals surface area (Å²) in [5.74, 6) is -0.554. The predicted octanol–water partition coefficient (Wildman–Crippen LogP) is 5.36. The highest BCUT2D eigenvalue weighted by atomic mass is 19.1. The largest absolute Gasteiger partial charge is 0.441 e. The molecule has 4 rings (SSSR count). The van der Waals surface area contributed by atoms with Gasteiger partial charge in [0, 0.05) is 24.8 Å². The fourth-order valence-electron chi connectivity index (χ4n) is 3.65. The highest BCUT2D eigenvalue weighted by Gasteiger charge is 2.17. The first kappa shape index (κ1) is 20.9. The fraction of sp³-hybridized carbons (Fsp3) is 0.250. The van der Waals surface area contributed by atoms with Crippen molar-refractivity contribution in [1.29, 1.82) is 0 Å². The van der Waals surface area contributed by atoms with E-state index in [0.717, 1.165) is 34.4 Å². The number of hydrogen-bond acceptors (Lipinski definition) is 4. The Bertz CT molecular complexity index is 1230. The summed E-state index contributed by atoms with van der Waals surface area (Å²) in [6, 6.07) is 13.7. The molecule has 0 saturated heterocycles. The van der Waals surface area contributed by atoms with Gasteiger partial charge in [0.2, 0.25) is 5.89 Å². The Labute approximate surface area is 180 Å². The number of rotatable bonds is 6. The van der Waals surface area contributed by atoms with Gasteiger partial charge in [0.05, 0.1) is 22.6 Å². The molecule has 0 aliphatic carbocycles. The van der Waals surface area contributed by atoms with Crippen LogP contribution >= 0.6 is 0 Å². The van der Waals surface area contributed by atoms with Crippen LogP contribution < -0.4 is 0 Å². The lowest BCUT2D eigenvalue weighted by Gasteiger charge is -2.16. The third-order valence-corrected chi connectivity index (χ3v) is 5.09. The van der Waals surface area contributed by atoms with Crippen LogP contribution in [0.2, 0.25) is 0 Å². The van der Waals surface area contributed by atoms with Crippen molar-refractivity contribution < 1.29 is 13.2 Å². The van der Waals surface area contributed by atoms with Crippen LogP contribution in [0, 0.1) is 32.4 Å². The first-order chi connectivity index (χ1) is 14.8. The van der Waals surface area contributed by atoms with E-state index in [1.165, 1.54) is 12.1 Å². The molecule has 2 heterocycles. The van der Waals surface area contributed by atoms with Gasteiger partial charge in [-0.15, -0.1) is 0 Å². The van der Waals surface area contributed by atoms with Gasteiger partial charge in [-0.1, -0.05) is 12.1 Å². The topological polar surface area (TPSA) is 47.1 Å². The van der Waals surface area contributed by atoms with Gasteiger partial charge in [-0.05, 0) is 63.7 Å². The van der Waals surface area contributed by atoms with Crippen LogP contribution in [-0.2, 0) is 13.1 Å². The third-order valence-electron chi connectivity index (χ3n) is 5.09. The van der Waals surface area contributed by atoms with E-state index in [-0.39, 0.29) is 11.5 Å². The molecule has 0 amide bonds.